The number of carbonyl (C=O) groups excluding carboxylic acids is 2. The summed E-state index contributed by atoms with van der Waals surface area (Å²) >= 11 is 0. The van der Waals surface area contributed by atoms with Crippen LogP contribution >= 0.6 is 0 Å². The quantitative estimate of drug-likeness (QED) is 0.741. The van der Waals surface area contributed by atoms with Crippen molar-refractivity contribution < 1.29 is 14.3 Å². The number of ketones is 1. The molecule has 1 amide bonds. The van der Waals surface area contributed by atoms with Crippen molar-refractivity contribution >= 4 is 11.9 Å². The number of hydrogen-bond acceptors (Lipinski definition) is 3. The Labute approximate surface area is 149 Å². The molecule has 3 fully saturated rings. The Kier molecular flexibility index (Phi) is 3.76. The van der Waals surface area contributed by atoms with E-state index in [1.54, 1.807) is 0 Å². The van der Waals surface area contributed by atoms with Gasteiger partial charge in [0.2, 0.25) is 0 Å². The maximum Gasteiger partial charge on any atom is 0.406 e. The van der Waals surface area contributed by atoms with E-state index in [0.29, 0.717) is 42.3 Å². The van der Waals surface area contributed by atoms with Crippen LogP contribution in [0, 0.1) is 41.4 Å². The molecule has 0 aliphatic heterocycles. The predicted molar refractivity (Wildman–Crippen MR) is 94.3 cm³/mol. The number of allylic oxidation sites excluding steroid dienone is 1. The molecule has 0 unspecified atom stereocenters. The molecular formula is C21H27NO3. The third-order valence-electron chi connectivity index (χ3n) is 7.93. The van der Waals surface area contributed by atoms with Gasteiger partial charge in [-0.3, -0.25) is 4.79 Å². The Morgan fingerprint density at radius 3 is 2.76 bits per heavy atom. The van der Waals surface area contributed by atoms with Crippen LogP contribution in [0.5, 0.6) is 0 Å². The van der Waals surface area contributed by atoms with Gasteiger partial charge in [-0.25, -0.2) is 4.79 Å². The fraction of sp³-hybridized carbons (Fsp3) is 0.714. The van der Waals surface area contributed by atoms with Crippen molar-refractivity contribution in [2.45, 2.75) is 63.9 Å². The largest absolute Gasteiger partial charge is 0.429 e. The standard InChI is InChI=1S/C21H27NO3/c1-3-21(25-19(22)24)11-9-18-17-6-4-13-12-14(23)5-7-15(13)16(17)8-10-20(18,21)2/h1,12,15-18H,4-11H2,2H3,(H2,22,24)/t15-,16+,17+,18-,20-,21-/m0/s1. The highest BCUT2D eigenvalue weighted by atomic mass is 16.6. The van der Waals surface area contributed by atoms with Gasteiger partial charge < -0.3 is 10.5 Å². The first kappa shape index (κ1) is 16.7. The van der Waals surface area contributed by atoms with E-state index in [2.05, 4.69) is 12.8 Å². The van der Waals surface area contributed by atoms with E-state index in [1.807, 2.05) is 6.08 Å². The molecular weight excluding hydrogens is 314 g/mol. The number of fused-ring (bicyclic) bond motifs is 5. The Balaban J connectivity index is 1.64. The van der Waals surface area contributed by atoms with Gasteiger partial charge in [0.05, 0.1) is 0 Å². The van der Waals surface area contributed by atoms with Gasteiger partial charge in [-0.1, -0.05) is 18.4 Å². The molecule has 0 heterocycles. The fourth-order valence-corrected chi connectivity index (χ4v) is 6.78. The van der Waals surface area contributed by atoms with Gasteiger partial charge in [0, 0.05) is 11.8 Å². The summed E-state index contributed by atoms with van der Waals surface area (Å²) < 4.78 is 5.57. The number of amides is 1. The van der Waals surface area contributed by atoms with Crippen molar-refractivity contribution in [2.75, 3.05) is 0 Å². The summed E-state index contributed by atoms with van der Waals surface area (Å²) in [6.45, 7) is 2.21. The Morgan fingerprint density at radius 1 is 1.24 bits per heavy atom. The van der Waals surface area contributed by atoms with Crippen molar-refractivity contribution in [1.29, 1.82) is 0 Å². The van der Waals surface area contributed by atoms with Crippen molar-refractivity contribution in [1.82, 2.24) is 0 Å². The Morgan fingerprint density at radius 2 is 2.04 bits per heavy atom. The van der Waals surface area contributed by atoms with E-state index < -0.39 is 11.7 Å². The molecule has 6 atom stereocenters. The summed E-state index contributed by atoms with van der Waals surface area (Å²) in [6, 6.07) is 0. The molecule has 4 rings (SSSR count). The van der Waals surface area contributed by atoms with E-state index >= 15 is 0 Å². The average Bonchev–Trinajstić information content (AvgIpc) is 2.87. The highest BCUT2D eigenvalue weighted by Crippen LogP contribution is 2.65. The molecule has 4 nitrogen and oxygen atoms in total. The second-order valence-corrected chi connectivity index (χ2v) is 8.69. The number of nitrogens with two attached hydrogens (primary N) is 1. The average molecular weight is 341 g/mol. The molecule has 4 heteroatoms. The summed E-state index contributed by atoms with van der Waals surface area (Å²) in [5, 5.41) is 0. The van der Waals surface area contributed by atoms with Crippen molar-refractivity contribution in [3.8, 4) is 12.3 Å². The van der Waals surface area contributed by atoms with Gasteiger partial charge in [0.25, 0.3) is 0 Å². The monoisotopic (exact) mass is 341 g/mol. The maximum absolute atomic E-state index is 11.8. The first-order valence-electron chi connectivity index (χ1n) is 9.60. The summed E-state index contributed by atoms with van der Waals surface area (Å²) in [7, 11) is 0. The Bertz CT molecular complexity index is 690. The van der Waals surface area contributed by atoms with Crippen LogP contribution in [-0.2, 0) is 9.53 Å². The molecule has 0 radical (unpaired) electrons. The van der Waals surface area contributed by atoms with Crippen LogP contribution in [0.3, 0.4) is 0 Å². The van der Waals surface area contributed by atoms with Crippen LogP contribution in [0.1, 0.15) is 58.3 Å². The number of primary amides is 1. The minimum Gasteiger partial charge on any atom is -0.429 e. The molecule has 0 spiro atoms. The van der Waals surface area contributed by atoms with Gasteiger partial charge in [0.1, 0.15) is 0 Å². The summed E-state index contributed by atoms with van der Waals surface area (Å²) in [5.41, 5.74) is 5.69. The van der Waals surface area contributed by atoms with Crippen LogP contribution in [0.25, 0.3) is 0 Å². The van der Waals surface area contributed by atoms with E-state index in [1.165, 1.54) is 5.57 Å². The molecule has 4 aliphatic rings. The number of ether oxygens (including phenoxy) is 1. The summed E-state index contributed by atoms with van der Waals surface area (Å²) in [4.78, 5) is 23.3. The van der Waals surface area contributed by atoms with E-state index in [4.69, 9.17) is 16.9 Å². The summed E-state index contributed by atoms with van der Waals surface area (Å²) in [6.07, 6.45) is 14.7. The molecule has 0 aromatic heterocycles. The fourth-order valence-electron chi connectivity index (χ4n) is 6.78. The van der Waals surface area contributed by atoms with E-state index in [0.717, 1.165) is 38.5 Å². The normalized spacial score (nSPS) is 45.4. The van der Waals surface area contributed by atoms with E-state index in [9.17, 15) is 9.59 Å². The van der Waals surface area contributed by atoms with Crippen LogP contribution in [0.2, 0.25) is 0 Å². The number of terminal acetylenes is 1. The molecule has 25 heavy (non-hydrogen) atoms. The molecule has 3 saturated carbocycles. The predicted octanol–water partition coefficient (Wildman–Crippen LogP) is 3.60. The lowest BCUT2D eigenvalue weighted by Gasteiger charge is -2.55. The van der Waals surface area contributed by atoms with Crippen molar-refractivity contribution in [3.63, 3.8) is 0 Å². The lowest BCUT2D eigenvalue weighted by atomic mass is 9.50. The first-order chi connectivity index (χ1) is 11.9. The lowest BCUT2D eigenvalue weighted by molar-refractivity contribution is -0.116. The zero-order chi connectivity index (χ0) is 17.8. The van der Waals surface area contributed by atoms with Gasteiger partial charge >= 0.3 is 6.09 Å². The number of hydrogen-bond donors (Lipinski definition) is 1. The van der Waals surface area contributed by atoms with Crippen molar-refractivity contribution in [2.24, 2.45) is 34.8 Å². The van der Waals surface area contributed by atoms with Gasteiger partial charge in [-0.2, -0.15) is 0 Å². The van der Waals surface area contributed by atoms with Gasteiger partial charge in [-0.15, -0.1) is 6.42 Å². The van der Waals surface area contributed by atoms with Crippen LogP contribution in [0.4, 0.5) is 4.79 Å². The lowest BCUT2D eigenvalue weighted by Crippen LogP contribution is -2.54. The van der Waals surface area contributed by atoms with E-state index in [-0.39, 0.29) is 5.41 Å². The van der Waals surface area contributed by atoms with Crippen molar-refractivity contribution in [3.05, 3.63) is 11.6 Å². The second kappa shape index (κ2) is 5.62. The molecule has 0 saturated heterocycles. The third kappa shape index (κ3) is 2.28. The summed E-state index contributed by atoms with van der Waals surface area (Å²) in [5.74, 6) is 5.43. The zero-order valence-electron chi connectivity index (χ0n) is 14.9. The minimum atomic E-state index is -0.854. The number of rotatable bonds is 1. The minimum absolute atomic E-state index is 0.191. The zero-order valence-corrected chi connectivity index (χ0v) is 14.9. The third-order valence-corrected chi connectivity index (χ3v) is 7.93. The Hall–Kier alpha value is -1.76. The highest BCUT2D eigenvalue weighted by Gasteiger charge is 2.64. The van der Waals surface area contributed by atoms with Gasteiger partial charge in [0.15, 0.2) is 11.4 Å². The van der Waals surface area contributed by atoms with Crippen LogP contribution < -0.4 is 5.73 Å². The molecule has 0 bridgehead atoms. The molecule has 4 aliphatic carbocycles. The van der Waals surface area contributed by atoms with Crippen LogP contribution in [-0.4, -0.2) is 17.5 Å². The number of carbonyl (C=O) groups is 2. The van der Waals surface area contributed by atoms with Gasteiger partial charge in [-0.05, 0) is 74.7 Å². The second-order valence-electron chi connectivity index (χ2n) is 8.69. The first-order valence-corrected chi connectivity index (χ1v) is 9.60. The SMILES string of the molecule is C#C[C@]1(OC(N)=O)CC[C@H]2[C@@H]3CCC4=CC(=O)CC[C@@H]4[C@H]3CC[C@@]21C. The topological polar surface area (TPSA) is 69.4 Å². The molecule has 134 valence electrons. The molecule has 0 aromatic rings. The maximum atomic E-state index is 11.8. The molecule has 2 N–H and O–H groups in total. The smallest absolute Gasteiger partial charge is 0.406 e. The van der Waals surface area contributed by atoms with Crippen LogP contribution in [0.15, 0.2) is 11.6 Å². The molecule has 0 aromatic carbocycles. The highest BCUT2D eigenvalue weighted by molar-refractivity contribution is 5.91.